The molecule has 29 heavy (non-hydrogen) atoms. The smallest absolute Gasteiger partial charge is 0.407 e. The first-order valence-electron chi connectivity index (χ1n) is 9.92. The van der Waals surface area contributed by atoms with Crippen LogP contribution < -0.4 is 10.6 Å². The van der Waals surface area contributed by atoms with E-state index < -0.39 is 11.7 Å². The first kappa shape index (κ1) is 23.2. The number of benzene rings is 1. The number of amides is 3. The van der Waals surface area contributed by atoms with Crippen LogP contribution in [0.1, 0.15) is 50.4 Å². The van der Waals surface area contributed by atoms with Gasteiger partial charge in [0.1, 0.15) is 5.60 Å². The molecule has 1 aromatic rings. The average molecular weight is 468 g/mol. The summed E-state index contributed by atoms with van der Waals surface area (Å²) in [7, 11) is 0. The minimum Gasteiger partial charge on any atom is -0.444 e. The molecule has 0 atom stereocenters. The van der Waals surface area contributed by atoms with Gasteiger partial charge < -0.3 is 20.3 Å². The Bertz CT molecular complexity index is 708. The summed E-state index contributed by atoms with van der Waals surface area (Å²) in [6.45, 7) is 7.57. The SMILES string of the molecule is CC(C)(C)OC(=O)NCCC(=O)NCC1CCN(C(=O)c2ccc(Br)cc2)CC1. The molecule has 1 heterocycles. The molecule has 3 amide bonds. The highest BCUT2D eigenvalue weighted by atomic mass is 79.9. The molecule has 7 nitrogen and oxygen atoms in total. The van der Waals surface area contributed by atoms with Gasteiger partial charge >= 0.3 is 6.09 Å². The van der Waals surface area contributed by atoms with E-state index in [1.54, 1.807) is 20.8 Å². The Kier molecular flexibility index (Phi) is 8.49. The topological polar surface area (TPSA) is 87.7 Å². The predicted octanol–water partition coefficient (Wildman–Crippen LogP) is 3.33. The van der Waals surface area contributed by atoms with Gasteiger partial charge in [-0.3, -0.25) is 9.59 Å². The number of rotatable bonds is 6. The van der Waals surface area contributed by atoms with Crippen molar-refractivity contribution in [2.45, 2.75) is 45.6 Å². The molecule has 2 rings (SSSR count). The molecule has 1 fully saturated rings. The molecule has 0 radical (unpaired) electrons. The van der Waals surface area contributed by atoms with Gasteiger partial charge in [0, 0.05) is 42.6 Å². The molecule has 8 heteroatoms. The van der Waals surface area contributed by atoms with Crippen LogP contribution in [0.4, 0.5) is 4.79 Å². The van der Waals surface area contributed by atoms with Crippen LogP contribution in [0.3, 0.4) is 0 Å². The minimum absolute atomic E-state index is 0.0493. The van der Waals surface area contributed by atoms with Gasteiger partial charge in [-0.1, -0.05) is 15.9 Å². The number of nitrogens with one attached hydrogen (secondary N) is 2. The van der Waals surface area contributed by atoms with E-state index in [2.05, 4.69) is 26.6 Å². The monoisotopic (exact) mass is 467 g/mol. The number of alkyl carbamates (subject to hydrolysis) is 1. The lowest BCUT2D eigenvalue weighted by Crippen LogP contribution is -2.42. The highest BCUT2D eigenvalue weighted by Gasteiger charge is 2.24. The first-order valence-corrected chi connectivity index (χ1v) is 10.7. The van der Waals surface area contributed by atoms with Crippen LogP contribution in [-0.4, -0.2) is 54.6 Å². The number of hydrogen-bond donors (Lipinski definition) is 2. The summed E-state index contributed by atoms with van der Waals surface area (Å²) < 4.78 is 6.07. The van der Waals surface area contributed by atoms with Crippen molar-refractivity contribution in [3.05, 3.63) is 34.3 Å². The third kappa shape index (κ3) is 8.43. The number of halogens is 1. The largest absolute Gasteiger partial charge is 0.444 e. The summed E-state index contributed by atoms with van der Waals surface area (Å²) in [6, 6.07) is 7.38. The summed E-state index contributed by atoms with van der Waals surface area (Å²) in [4.78, 5) is 37.9. The highest BCUT2D eigenvalue weighted by Crippen LogP contribution is 2.19. The quantitative estimate of drug-likeness (QED) is 0.671. The highest BCUT2D eigenvalue weighted by molar-refractivity contribution is 9.10. The molecular formula is C21H30BrN3O4. The van der Waals surface area contributed by atoms with Crippen molar-refractivity contribution in [1.29, 1.82) is 0 Å². The fourth-order valence-electron chi connectivity index (χ4n) is 3.05. The number of likely N-dealkylation sites (tertiary alicyclic amines) is 1. The molecule has 160 valence electrons. The van der Waals surface area contributed by atoms with Crippen molar-refractivity contribution < 1.29 is 19.1 Å². The van der Waals surface area contributed by atoms with E-state index in [0.29, 0.717) is 31.1 Å². The third-order valence-electron chi connectivity index (χ3n) is 4.60. The Labute approximate surface area is 180 Å². The van der Waals surface area contributed by atoms with Crippen LogP contribution in [0.25, 0.3) is 0 Å². The van der Waals surface area contributed by atoms with Crippen LogP contribution in [-0.2, 0) is 9.53 Å². The normalized spacial score (nSPS) is 15.0. The van der Waals surface area contributed by atoms with Gasteiger partial charge in [-0.05, 0) is 63.8 Å². The Morgan fingerprint density at radius 2 is 1.72 bits per heavy atom. The molecular weight excluding hydrogens is 438 g/mol. The average Bonchev–Trinajstić information content (AvgIpc) is 2.65. The van der Waals surface area contributed by atoms with Gasteiger partial charge in [0.05, 0.1) is 0 Å². The minimum atomic E-state index is -0.556. The summed E-state index contributed by atoms with van der Waals surface area (Å²) in [6.07, 6.45) is 1.41. The van der Waals surface area contributed by atoms with Gasteiger partial charge in [0.15, 0.2) is 0 Å². The second-order valence-electron chi connectivity index (χ2n) is 8.23. The molecule has 0 aliphatic carbocycles. The lowest BCUT2D eigenvalue weighted by Gasteiger charge is -2.32. The van der Waals surface area contributed by atoms with Crippen molar-refractivity contribution >= 4 is 33.8 Å². The van der Waals surface area contributed by atoms with E-state index in [1.165, 1.54) is 0 Å². The van der Waals surface area contributed by atoms with Crippen molar-refractivity contribution in [2.75, 3.05) is 26.2 Å². The Morgan fingerprint density at radius 1 is 1.10 bits per heavy atom. The number of nitrogens with zero attached hydrogens (tertiary/aromatic N) is 1. The molecule has 2 N–H and O–H groups in total. The maximum absolute atomic E-state index is 12.5. The van der Waals surface area contributed by atoms with Gasteiger partial charge in [0.25, 0.3) is 5.91 Å². The zero-order valence-corrected chi connectivity index (χ0v) is 18.9. The van der Waals surface area contributed by atoms with Crippen LogP contribution in [0.2, 0.25) is 0 Å². The number of piperidine rings is 1. The lowest BCUT2D eigenvalue weighted by atomic mass is 9.96. The van der Waals surface area contributed by atoms with Crippen molar-refractivity contribution in [3.63, 3.8) is 0 Å². The molecule has 0 saturated carbocycles. The van der Waals surface area contributed by atoms with Crippen molar-refractivity contribution in [1.82, 2.24) is 15.5 Å². The van der Waals surface area contributed by atoms with Gasteiger partial charge in [-0.15, -0.1) is 0 Å². The number of ether oxygens (including phenoxy) is 1. The van der Waals surface area contributed by atoms with Gasteiger partial charge in [-0.25, -0.2) is 4.79 Å². The Balaban J connectivity index is 1.63. The lowest BCUT2D eigenvalue weighted by molar-refractivity contribution is -0.121. The van der Waals surface area contributed by atoms with E-state index in [1.807, 2.05) is 29.2 Å². The maximum atomic E-state index is 12.5. The third-order valence-corrected chi connectivity index (χ3v) is 5.13. The molecule has 1 saturated heterocycles. The predicted molar refractivity (Wildman–Crippen MR) is 115 cm³/mol. The zero-order valence-electron chi connectivity index (χ0n) is 17.3. The Morgan fingerprint density at radius 3 is 2.31 bits per heavy atom. The molecule has 1 aliphatic rings. The standard InChI is InChI=1S/C21H30BrN3O4/c1-21(2,3)29-20(28)23-11-8-18(26)24-14-15-9-12-25(13-10-15)19(27)16-4-6-17(22)7-5-16/h4-7,15H,8-14H2,1-3H3,(H,23,28)(H,24,26). The second-order valence-corrected chi connectivity index (χ2v) is 9.14. The van der Waals surface area contributed by atoms with Crippen LogP contribution in [0, 0.1) is 5.92 Å². The number of carbonyl (C=O) groups is 3. The fourth-order valence-corrected chi connectivity index (χ4v) is 3.32. The van der Waals surface area contributed by atoms with Crippen LogP contribution in [0.15, 0.2) is 28.7 Å². The fraction of sp³-hybridized carbons (Fsp3) is 0.571. The van der Waals surface area contributed by atoms with Crippen LogP contribution in [0.5, 0.6) is 0 Å². The molecule has 1 aromatic carbocycles. The van der Waals surface area contributed by atoms with E-state index in [4.69, 9.17) is 4.74 Å². The maximum Gasteiger partial charge on any atom is 0.407 e. The van der Waals surface area contributed by atoms with E-state index in [9.17, 15) is 14.4 Å². The summed E-state index contributed by atoms with van der Waals surface area (Å²) in [5.74, 6) is 0.300. The molecule has 1 aliphatic heterocycles. The second kappa shape index (κ2) is 10.6. The summed E-state index contributed by atoms with van der Waals surface area (Å²) in [5.41, 5.74) is 0.136. The summed E-state index contributed by atoms with van der Waals surface area (Å²) in [5, 5.41) is 5.49. The summed E-state index contributed by atoms with van der Waals surface area (Å²) >= 11 is 3.38. The van der Waals surface area contributed by atoms with Crippen molar-refractivity contribution in [2.24, 2.45) is 5.92 Å². The first-order chi connectivity index (χ1) is 13.6. The van der Waals surface area contributed by atoms with E-state index in [-0.39, 0.29) is 24.8 Å². The zero-order chi connectivity index (χ0) is 21.4. The van der Waals surface area contributed by atoms with E-state index in [0.717, 1.165) is 17.3 Å². The molecule has 0 unspecified atom stereocenters. The van der Waals surface area contributed by atoms with Crippen molar-refractivity contribution in [3.8, 4) is 0 Å². The van der Waals surface area contributed by atoms with Gasteiger partial charge in [-0.2, -0.15) is 0 Å². The van der Waals surface area contributed by atoms with E-state index >= 15 is 0 Å². The Hall–Kier alpha value is -2.09. The molecule has 0 bridgehead atoms. The van der Waals surface area contributed by atoms with Crippen LogP contribution >= 0.6 is 15.9 Å². The molecule has 0 spiro atoms. The number of hydrogen-bond acceptors (Lipinski definition) is 4. The molecule has 0 aromatic heterocycles. The van der Waals surface area contributed by atoms with Gasteiger partial charge in [0.2, 0.25) is 5.91 Å². The number of carbonyl (C=O) groups excluding carboxylic acids is 3.